The van der Waals surface area contributed by atoms with E-state index >= 15 is 0 Å². The van der Waals surface area contributed by atoms with Crippen LogP contribution in [0.15, 0.2) is 52.6 Å². The van der Waals surface area contributed by atoms with Crippen LogP contribution < -0.4 is 0 Å². The molecule has 0 aliphatic heterocycles. The van der Waals surface area contributed by atoms with Gasteiger partial charge in [-0.15, -0.1) is 0 Å². The van der Waals surface area contributed by atoms with Gasteiger partial charge in [0.25, 0.3) is 0 Å². The van der Waals surface area contributed by atoms with Crippen molar-refractivity contribution in [2.45, 2.75) is 33.8 Å². The minimum absolute atomic E-state index is 0.318. The maximum atomic E-state index is 13.5. The topological polar surface area (TPSA) is 21.6 Å². The Kier molecular flexibility index (Phi) is 7.02. The van der Waals surface area contributed by atoms with Crippen LogP contribution in [0.5, 0.6) is 0 Å². The molecule has 4 heteroatoms. The van der Waals surface area contributed by atoms with Gasteiger partial charge in [-0.3, -0.25) is 0 Å². The second kappa shape index (κ2) is 8.54. The van der Waals surface area contributed by atoms with Gasteiger partial charge in [-0.1, -0.05) is 30.7 Å². The Morgan fingerprint density at radius 1 is 1.35 bits per heavy atom. The molecule has 1 aromatic rings. The van der Waals surface area contributed by atoms with Crippen molar-refractivity contribution in [2.24, 2.45) is 4.99 Å². The minimum atomic E-state index is -0.318. The van der Waals surface area contributed by atoms with Gasteiger partial charge < -0.3 is 4.74 Å². The lowest BCUT2D eigenvalue weighted by molar-refractivity contribution is 0.196. The first-order valence-electron chi connectivity index (χ1n) is 6.49. The summed E-state index contributed by atoms with van der Waals surface area (Å²) in [4.78, 5) is 4.00. The molecule has 0 fully saturated rings. The van der Waals surface area contributed by atoms with Crippen molar-refractivity contribution in [2.75, 3.05) is 0 Å². The average Bonchev–Trinajstić information content (AvgIpc) is 2.48. The molecule has 0 amide bonds. The first kappa shape index (κ1) is 16.4. The second-order valence-electron chi connectivity index (χ2n) is 4.28. The highest BCUT2D eigenvalue weighted by Crippen LogP contribution is 2.13. The molecule has 0 aromatic heterocycles. The fraction of sp³-hybridized carbons (Fsp3) is 0.312. The summed E-state index contributed by atoms with van der Waals surface area (Å²) in [6.07, 6.45) is 3.55. The van der Waals surface area contributed by atoms with Crippen molar-refractivity contribution < 1.29 is 9.13 Å². The zero-order valence-electron chi connectivity index (χ0n) is 12.0. The summed E-state index contributed by atoms with van der Waals surface area (Å²) in [6, 6.07) is 7.35. The van der Waals surface area contributed by atoms with E-state index in [1.54, 1.807) is 32.1 Å². The Morgan fingerprint density at radius 2 is 2.00 bits per heavy atom. The Morgan fingerprint density at radius 3 is 2.55 bits per heavy atom. The zero-order valence-corrected chi connectivity index (χ0v) is 12.7. The van der Waals surface area contributed by atoms with Crippen LogP contribution in [-0.2, 0) is 11.3 Å². The fourth-order valence-corrected chi connectivity index (χ4v) is 1.46. The largest absolute Gasteiger partial charge is 0.473 e. The molecular formula is C16H19ClFNO. The van der Waals surface area contributed by atoms with E-state index < -0.39 is 0 Å². The van der Waals surface area contributed by atoms with Crippen molar-refractivity contribution in [3.05, 3.63) is 58.2 Å². The van der Waals surface area contributed by atoms with E-state index in [0.29, 0.717) is 29.5 Å². The van der Waals surface area contributed by atoms with Crippen LogP contribution in [0.2, 0.25) is 5.02 Å². The van der Waals surface area contributed by atoms with Crippen LogP contribution in [0.1, 0.15) is 32.8 Å². The standard InChI is InChI=1S/C16H19ClFNO/c1-4-12(3)15(18)10-19-16(5-2)20-11-13-6-8-14(17)9-7-13/h5-10H,4,11H2,1-3H3/b15-12-,16-5-,19-10+. The summed E-state index contributed by atoms with van der Waals surface area (Å²) in [6.45, 7) is 5.80. The minimum Gasteiger partial charge on any atom is -0.473 e. The highest BCUT2D eigenvalue weighted by molar-refractivity contribution is 6.30. The normalized spacial score (nSPS) is 13.6. The monoisotopic (exact) mass is 295 g/mol. The van der Waals surface area contributed by atoms with Gasteiger partial charge in [0.05, 0.1) is 6.21 Å². The van der Waals surface area contributed by atoms with Crippen LogP contribution in [0.3, 0.4) is 0 Å². The Bertz CT molecular complexity index is 518. The molecule has 0 saturated heterocycles. The van der Waals surface area contributed by atoms with Crippen LogP contribution in [0.25, 0.3) is 0 Å². The molecular weight excluding hydrogens is 277 g/mol. The molecule has 0 unspecified atom stereocenters. The predicted octanol–water partition coefficient (Wildman–Crippen LogP) is 5.44. The average molecular weight is 296 g/mol. The summed E-state index contributed by atoms with van der Waals surface area (Å²) in [5, 5.41) is 0.681. The van der Waals surface area contributed by atoms with Gasteiger partial charge in [0, 0.05) is 5.02 Å². The molecule has 2 nitrogen and oxygen atoms in total. The molecule has 1 aromatic carbocycles. The molecule has 0 atom stereocenters. The lowest BCUT2D eigenvalue weighted by atomic mass is 10.2. The summed E-state index contributed by atoms with van der Waals surface area (Å²) in [7, 11) is 0. The van der Waals surface area contributed by atoms with Gasteiger partial charge in [-0.2, -0.15) is 0 Å². The fourth-order valence-electron chi connectivity index (χ4n) is 1.33. The molecule has 0 aliphatic carbocycles. The highest BCUT2D eigenvalue weighted by Gasteiger charge is 1.99. The number of benzene rings is 1. The predicted molar refractivity (Wildman–Crippen MR) is 82.6 cm³/mol. The lowest BCUT2D eigenvalue weighted by Crippen LogP contribution is -1.93. The van der Waals surface area contributed by atoms with Crippen LogP contribution in [0.4, 0.5) is 4.39 Å². The first-order chi connectivity index (χ1) is 9.56. The number of nitrogens with zero attached hydrogens (tertiary/aromatic N) is 1. The Hall–Kier alpha value is -1.61. The van der Waals surface area contributed by atoms with E-state index in [2.05, 4.69) is 4.99 Å². The van der Waals surface area contributed by atoms with Crippen molar-refractivity contribution in [3.8, 4) is 0 Å². The molecule has 0 heterocycles. The summed E-state index contributed by atoms with van der Waals surface area (Å²) in [5.74, 6) is 0.0703. The SMILES string of the molecule is C/C=C(/N=C/C(F)=C(\C)CC)OCc1ccc(Cl)cc1. The summed E-state index contributed by atoms with van der Waals surface area (Å²) < 4.78 is 19.0. The summed E-state index contributed by atoms with van der Waals surface area (Å²) in [5.41, 5.74) is 1.65. The third-order valence-electron chi connectivity index (χ3n) is 2.79. The van der Waals surface area contributed by atoms with Crippen molar-refractivity contribution >= 4 is 17.8 Å². The number of aliphatic imine (C=N–C) groups is 1. The highest BCUT2D eigenvalue weighted by atomic mass is 35.5. The Balaban J connectivity index is 2.61. The molecule has 0 bridgehead atoms. The number of hydrogen-bond acceptors (Lipinski definition) is 2. The number of rotatable bonds is 6. The molecule has 0 radical (unpaired) electrons. The molecule has 0 saturated carbocycles. The van der Waals surface area contributed by atoms with E-state index in [4.69, 9.17) is 16.3 Å². The number of halogens is 2. The van der Waals surface area contributed by atoms with E-state index in [1.807, 2.05) is 19.1 Å². The van der Waals surface area contributed by atoms with Gasteiger partial charge in [0.1, 0.15) is 12.4 Å². The smallest absolute Gasteiger partial charge is 0.209 e. The first-order valence-corrected chi connectivity index (χ1v) is 6.87. The van der Waals surface area contributed by atoms with Gasteiger partial charge in [0.15, 0.2) is 0 Å². The third kappa shape index (κ3) is 5.57. The molecule has 20 heavy (non-hydrogen) atoms. The van der Waals surface area contributed by atoms with Gasteiger partial charge in [-0.25, -0.2) is 9.38 Å². The molecule has 0 N–H and O–H groups in total. The van der Waals surface area contributed by atoms with Gasteiger partial charge >= 0.3 is 0 Å². The number of hydrogen-bond donors (Lipinski definition) is 0. The second-order valence-corrected chi connectivity index (χ2v) is 4.72. The zero-order chi connectivity index (χ0) is 15.0. The van der Waals surface area contributed by atoms with Crippen LogP contribution in [-0.4, -0.2) is 6.21 Å². The molecule has 108 valence electrons. The summed E-state index contributed by atoms with van der Waals surface area (Å²) >= 11 is 5.81. The lowest BCUT2D eigenvalue weighted by Gasteiger charge is -2.06. The van der Waals surface area contributed by atoms with Crippen molar-refractivity contribution in [3.63, 3.8) is 0 Å². The number of allylic oxidation sites excluding steroid dienone is 3. The van der Waals surface area contributed by atoms with Crippen LogP contribution in [0, 0.1) is 0 Å². The quantitative estimate of drug-likeness (QED) is 0.505. The molecule has 1 rings (SSSR count). The van der Waals surface area contributed by atoms with E-state index in [0.717, 1.165) is 5.56 Å². The van der Waals surface area contributed by atoms with Crippen molar-refractivity contribution in [1.82, 2.24) is 0 Å². The molecule has 0 spiro atoms. The van der Waals surface area contributed by atoms with Gasteiger partial charge in [-0.05, 0) is 49.6 Å². The maximum Gasteiger partial charge on any atom is 0.209 e. The van der Waals surface area contributed by atoms with Crippen molar-refractivity contribution in [1.29, 1.82) is 0 Å². The number of ether oxygens (including phenoxy) is 1. The third-order valence-corrected chi connectivity index (χ3v) is 3.04. The maximum absolute atomic E-state index is 13.5. The van der Waals surface area contributed by atoms with E-state index in [-0.39, 0.29) is 5.83 Å². The van der Waals surface area contributed by atoms with Gasteiger partial charge in [0.2, 0.25) is 5.88 Å². The Labute approximate surface area is 124 Å². The van der Waals surface area contributed by atoms with Crippen LogP contribution >= 0.6 is 11.6 Å². The molecule has 0 aliphatic rings. The van der Waals surface area contributed by atoms with E-state index in [1.165, 1.54) is 6.21 Å². The van der Waals surface area contributed by atoms with E-state index in [9.17, 15) is 4.39 Å².